The van der Waals surface area contributed by atoms with Crippen LogP contribution in [-0.4, -0.2) is 69.3 Å². The number of benzene rings is 1. The molecule has 0 aliphatic carbocycles. The van der Waals surface area contributed by atoms with Crippen LogP contribution in [0.25, 0.3) is 0 Å². The highest BCUT2D eigenvalue weighted by Crippen LogP contribution is 2.29. The molecule has 3 rings (SSSR count). The SMILES string of the molecule is COc1ccc(CCNC(=O)CN2CCN(c3ccc(C(F)(F)F)cn3)CC2)cc1OC. The van der Waals surface area contributed by atoms with E-state index in [2.05, 4.69) is 10.3 Å². The van der Waals surface area contributed by atoms with E-state index in [4.69, 9.17) is 9.47 Å². The van der Waals surface area contributed by atoms with Crippen LogP contribution in [0, 0.1) is 0 Å². The van der Waals surface area contributed by atoms with E-state index in [1.165, 1.54) is 6.07 Å². The van der Waals surface area contributed by atoms with E-state index in [-0.39, 0.29) is 12.5 Å². The van der Waals surface area contributed by atoms with Gasteiger partial charge in [-0.25, -0.2) is 4.98 Å². The molecule has 1 amide bonds. The van der Waals surface area contributed by atoms with Gasteiger partial charge in [0, 0.05) is 38.9 Å². The molecule has 0 saturated carbocycles. The van der Waals surface area contributed by atoms with Gasteiger partial charge in [0.1, 0.15) is 5.82 Å². The fourth-order valence-electron chi connectivity index (χ4n) is 3.52. The molecule has 7 nitrogen and oxygen atoms in total. The summed E-state index contributed by atoms with van der Waals surface area (Å²) in [5, 5.41) is 2.92. The van der Waals surface area contributed by atoms with Crippen molar-refractivity contribution in [2.24, 2.45) is 0 Å². The average molecular weight is 452 g/mol. The summed E-state index contributed by atoms with van der Waals surface area (Å²) >= 11 is 0. The number of methoxy groups -OCH3 is 2. The summed E-state index contributed by atoms with van der Waals surface area (Å²) in [6, 6.07) is 8.09. The van der Waals surface area contributed by atoms with Crippen LogP contribution in [0.1, 0.15) is 11.1 Å². The van der Waals surface area contributed by atoms with Crippen LogP contribution in [0.3, 0.4) is 0 Å². The van der Waals surface area contributed by atoms with Crippen LogP contribution >= 0.6 is 0 Å². The van der Waals surface area contributed by atoms with Gasteiger partial charge in [0.25, 0.3) is 0 Å². The number of anilines is 1. The van der Waals surface area contributed by atoms with Gasteiger partial charge < -0.3 is 19.7 Å². The zero-order valence-corrected chi connectivity index (χ0v) is 18.1. The molecule has 1 fully saturated rings. The van der Waals surface area contributed by atoms with Crippen molar-refractivity contribution < 1.29 is 27.4 Å². The monoisotopic (exact) mass is 452 g/mol. The number of carbonyl (C=O) groups excluding carboxylic acids is 1. The molecule has 0 spiro atoms. The lowest BCUT2D eigenvalue weighted by Gasteiger charge is -2.35. The van der Waals surface area contributed by atoms with Gasteiger partial charge in [-0.1, -0.05) is 6.07 Å². The molecule has 0 unspecified atom stereocenters. The lowest BCUT2D eigenvalue weighted by atomic mass is 10.1. The van der Waals surface area contributed by atoms with Crippen molar-refractivity contribution in [2.75, 3.05) is 58.4 Å². The fourth-order valence-corrected chi connectivity index (χ4v) is 3.52. The van der Waals surface area contributed by atoms with Crippen LogP contribution in [-0.2, 0) is 17.4 Å². The predicted molar refractivity (Wildman–Crippen MR) is 114 cm³/mol. The molecule has 0 radical (unpaired) electrons. The standard InChI is InChI=1S/C22H27F3N4O3/c1-31-18-5-3-16(13-19(18)32-2)7-8-26-21(30)15-28-9-11-29(12-10-28)20-6-4-17(14-27-20)22(23,24)25/h3-6,13-14H,7-12,15H2,1-2H3,(H,26,30). The molecule has 1 aromatic heterocycles. The fraction of sp³-hybridized carbons (Fsp3) is 0.455. The van der Waals surface area contributed by atoms with Gasteiger partial charge >= 0.3 is 6.18 Å². The first-order valence-electron chi connectivity index (χ1n) is 10.3. The first-order chi connectivity index (χ1) is 15.3. The van der Waals surface area contributed by atoms with E-state index in [1.807, 2.05) is 28.0 Å². The summed E-state index contributed by atoms with van der Waals surface area (Å²) in [6.07, 6.45) is -2.87. The maximum absolute atomic E-state index is 12.7. The molecule has 0 bridgehead atoms. The number of hydrogen-bond donors (Lipinski definition) is 1. The van der Waals surface area contributed by atoms with Gasteiger partial charge in [-0.3, -0.25) is 9.69 Å². The summed E-state index contributed by atoms with van der Waals surface area (Å²) in [7, 11) is 3.16. The Hall–Kier alpha value is -3.01. The molecule has 1 saturated heterocycles. The molecule has 2 heterocycles. The van der Waals surface area contributed by atoms with E-state index < -0.39 is 11.7 Å². The van der Waals surface area contributed by atoms with Gasteiger partial charge in [0.05, 0.1) is 26.3 Å². The van der Waals surface area contributed by atoms with Crippen LogP contribution in [0.5, 0.6) is 11.5 Å². The van der Waals surface area contributed by atoms with Gasteiger partial charge in [-0.15, -0.1) is 0 Å². The minimum atomic E-state index is -4.39. The third kappa shape index (κ3) is 6.25. The highest BCUT2D eigenvalue weighted by Gasteiger charge is 2.31. The van der Waals surface area contributed by atoms with Crippen molar-refractivity contribution in [3.8, 4) is 11.5 Å². The van der Waals surface area contributed by atoms with Gasteiger partial charge in [-0.05, 0) is 36.2 Å². The smallest absolute Gasteiger partial charge is 0.417 e. The lowest BCUT2D eigenvalue weighted by Crippen LogP contribution is -2.49. The number of nitrogens with one attached hydrogen (secondary N) is 1. The van der Waals surface area contributed by atoms with E-state index in [1.54, 1.807) is 14.2 Å². The number of piperazine rings is 1. The van der Waals surface area contributed by atoms with Crippen molar-refractivity contribution in [3.05, 3.63) is 47.7 Å². The Bertz CT molecular complexity index is 898. The zero-order chi connectivity index (χ0) is 23.1. The van der Waals surface area contributed by atoms with Gasteiger partial charge in [0.15, 0.2) is 11.5 Å². The molecule has 32 heavy (non-hydrogen) atoms. The minimum Gasteiger partial charge on any atom is -0.493 e. The van der Waals surface area contributed by atoms with E-state index in [9.17, 15) is 18.0 Å². The number of hydrogen-bond acceptors (Lipinski definition) is 6. The van der Waals surface area contributed by atoms with Gasteiger partial charge in [0.2, 0.25) is 5.91 Å². The number of pyridine rings is 1. The Morgan fingerprint density at radius 2 is 1.78 bits per heavy atom. The molecule has 174 valence electrons. The van der Waals surface area contributed by atoms with Crippen molar-refractivity contribution in [3.63, 3.8) is 0 Å². The summed E-state index contributed by atoms with van der Waals surface area (Å²) in [6.45, 7) is 3.23. The number of aromatic nitrogens is 1. The molecule has 1 aliphatic rings. The van der Waals surface area contributed by atoms with Crippen molar-refractivity contribution >= 4 is 11.7 Å². The molecule has 0 atom stereocenters. The van der Waals surface area contributed by atoms with Crippen molar-refractivity contribution in [1.82, 2.24) is 15.2 Å². The number of amides is 1. The Labute approximate surface area is 185 Å². The van der Waals surface area contributed by atoms with Gasteiger partial charge in [-0.2, -0.15) is 13.2 Å². The van der Waals surface area contributed by atoms with E-state index >= 15 is 0 Å². The molecule has 10 heteroatoms. The predicted octanol–water partition coefficient (Wildman–Crippen LogP) is 2.60. The second-order valence-electron chi connectivity index (χ2n) is 7.46. The Morgan fingerprint density at radius 1 is 1.06 bits per heavy atom. The first-order valence-corrected chi connectivity index (χ1v) is 10.3. The lowest BCUT2D eigenvalue weighted by molar-refractivity contribution is -0.137. The minimum absolute atomic E-state index is 0.0634. The molecule has 2 aromatic rings. The summed E-state index contributed by atoms with van der Waals surface area (Å²) in [5.74, 6) is 1.76. The number of halogens is 3. The Kier molecular flexibility index (Phi) is 7.79. The third-order valence-electron chi connectivity index (χ3n) is 5.32. The number of ether oxygens (including phenoxy) is 2. The molecular formula is C22H27F3N4O3. The molecule has 1 aromatic carbocycles. The normalized spacial score (nSPS) is 14.8. The maximum Gasteiger partial charge on any atom is 0.417 e. The topological polar surface area (TPSA) is 66.9 Å². The second-order valence-corrected chi connectivity index (χ2v) is 7.46. The summed E-state index contributed by atoms with van der Waals surface area (Å²) in [4.78, 5) is 20.2. The van der Waals surface area contributed by atoms with Crippen LogP contribution in [0.2, 0.25) is 0 Å². The second kappa shape index (κ2) is 10.5. The Balaban J connectivity index is 1.40. The largest absolute Gasteiger partial charge is 0.493 e. The molecule has 1 N–H and O–H groups in total. The molecule has 1 aliphatic heterocycles. The van der Waals surface area contributed by atoms with Crippen molar-refractivity contribution in [1.29, 1.82) is 0 Å². The quantitative estimate of drug-likeness (QED) is 0.664. The van der Waals surface area contributed by atoms with E-state index in [0.29, 0.717) is 56.5 Å². The highest BCUT2D eigenvalue weighted by atomic mass is 19.4. The van der Waals surface area contributed by atoms with E-state index in [0.717, 1.165) is 17.8 Å². The highest BCUT2D eigenvalue weighted by molar-refractivity contribution is 5.78. The number of alkyl halides is 3. The number of nitrogens with zero attached hydrogens (tertiary/aromatic N) is 3. The summed E-state index contributed by atoms with van der Waals surface area (Å²) < 4.78 is 48.5. The summed E-state index contributed by atoms with van der Waals surface area (Å²) in [5.41, 5.74) is 0.269. The average Bonchev–Trinajstić information content (AvgIpc) is 2.79. The third-order valence-corrected chi connectivity index (χ3v) is 5.32. The maximum atomic E-state index is 12.7. The van der Waals surface area contributed by atoms with Crippen LogP contribution in [0.4, 0.5) is 19.0 Å². The number of rotatable bonds is 8. The van der Waals surface area contributed by atoms with Crippen LogP contribution < -0.4 is 19.7 Å². The Morgan fingerprint density at radius 3 is 2.38 bits per heavy atom. The van der Waals surface area contributed by atoms with Crippen molar-refractivity contribution in [2.45, 2.75) is 12.6 Å². The zero-order valence-electron chi connectivity index (χ0n) is 18.1. The first kappa shape index (κ1) is 23.6. The number of carbonyl (C=O) groups is 1. The molecular weight excluding hydrogens is 425 g/mol. The van der Waals surface area contributed by atoms with Crippen LogP contribution in [0.15, 0.2) is 36.5 Å².